The number of guanidine groups is 1. The molecule has 0 saturated carbocycles. The number of hydrogen-bond acceptors (Lipinski definition) is 3. The predicted octanol–water partition coefficient (Wildman–Crippen LogP) is 2.97. The summed E-state index contributed by atoms with van der Waals surface area (Å²) < 4.78 is 1.97. The van der Waals surface area contributed by atoms with Gasteiger partial charge in [-0.1, -0.05) is 44.2 Å². The van der Waals surface area contributed by atoms with Crippen molar-refractivity contribution in [1.82, 2.24) is 25.4 Å². The first-order valence-corrected chi connectivity index (χ1v) is 8.92. The van der Waals surface area contributed by atoms with E-state index in [0.29, 0.717) is 12.5 Å². The molecular weight excluding hydrogens is 312 g/mol. The van der Waals surface area contributed by atoms with Crippen molar-refractivity contribution in [3.8, 4) is 0 Å². The number of nitrogens with zero attached hydrogens (tertiary/aromatic N) is 4. The molecule has 0 bridgehead atoms. The monoisotopic (exact) mass is 342 g/mol. The van der Waals surface area contributed by atoms with E-state index in [-0.39, 0.29) is 6.04 Å². The highest BCUT2D eigenvalue weighted by Crippen LogP contribution is 2.11. The van der Waals surface area contributed by atoms with Crippen molar-refractivity contribution in [2.75, 3.05) is 6.54 Å². The molecule has 0 aliphatic rings. The fraction of sp³-hybridized carbons (Fsp3) is 0.526. The van der Waals surface area contributed by atoms with Crippen LogP contribution in [0.15, 0.2) is 35.3 Å². The number of aryl methyl sites for hydroxylation is 1. The van der Waals surface area contributed by atoms with E-state index < -0.39 is 0 Å². The number of benzene rings is 1. The van der Waals surface area contributed by atoms with E-state index in [1.165, 1.54) is 5.56 Å². The van der Waals surface area contributed by atoms with E-state index in [4.69, 9.17) is 4.99 Å². The Morgan fingerprint density at radius 3 is 2.48 bits per heavy atom. The molecule has 6 nitrogen and oxygen atoms in total. The van der Waals surface area contributed by atoms with Crippen molar-refractivity contribution >= 4 is 5.96 Å². The van der Waals surface area contributed by atoms with Gasteiger partial charge in [-0.3, -0.25) is 0 Å². The summed E-state index contributed by atoms with van der Waals surface area (Å²) in [6.45, 7) is 9.92. The van der Waals surface area contributed by atoms with Gasteiger partial charge in [-0.25, -0.2) is 4.99 Å². The number of nitrogens with one attached hydrogen (secondary N) is 2. The van der Waals surface area contributed by atoms with Gasteiger partial charge in [0.1, 0.15) is 12.4 Å². The minimum absolute atomic E-state index is 0.174. The number of hydrogen-bond donors (Lipinski definition) is 2. The number of rotatable bonds is 7. The van der Waals surface area contributed by atoms with E-state index >= 15 is 0 Å². The zero-order valence-corrected chi connectivity index (χ0v) is 16.0. The Balaban J connectivity index is 2.06. The van der Waals surface area contributed by atoms with Crippen LogP contribution in [0.5, 0.6) is 0 Å². The molecule has 2 N–H and O–H groups in total. The third-order valence-electron chi connectivity index (χ3n) is 4.23. The summed E-state index contributed by atoms with van der Waals surface area (Å²) in [6, 6.07) is 10.6. The first-order valence-electron chi connectivity index (χ1n) is 8.92. The second-order valence-electron chi connectivity index (χ2n) is 6.77. The normalized spacial score (nSPS) is 13.1. The Morgan fingerprint density at radius 2 is 1.88 bits per heavy atom. The van der Waals surface area contributed by atoms with Crippen molar-refractivity contribution in [3.05, 3.63) is 47.5 Å². The predicted molar refractivity (Wildman–Crippen MR) is 102 cm³/mol. The first-order chi connectivity index (χ1) is 12.0. The highest BCUT2D eigenvalue weighted by Gasteiger charge is 2.09. The molecule has 25 heavy (non-hydrogen) atoms. The lowest BCUT2D eigenvalue weighted by Gasteiger charge is -2.19. The lowest BCUT2D eigenvalue weighted by atomic mass is 10.1. The van der Waals surface area contributed by atoms with Gasteiger partial charge in [-0.2, -0.15) is 0 Å². The first kappa shape index (κ1) is 19.0. The van der Waals surface area contributed by atoms with Gasteiger partial charge in [-0.05, 0) is 31.7 Å². The zero-order valence-electron chi connectivity index (χ0n) is 16.0. The van der Waals surface area contributed by atoms with Gasteiger partial charge >= 0.3 is 0 Å². The Labute approximate surface area is 150 Å². The molecule has 0 fully saturated rings. The van der Waals surface area contributed by atoms with Crippen LogP contribution in [-0.2, 0) is 13.6 Å². The molecule has 1 heterocycles. The van der Waals surface area contributed by atoms with Crippen LogP contribution in [0.3, 0.4) is 0 Å². The van der Waals surface area contributed by atoms with Crippen LogP contribution < -0.4 is 10.6 Å². The van der Waals surface area contributed by atoms with Crippen LogP contribution in [-0.4, -0.2) is 27.3 Å². The largest absolute Gasteiger partial charge is 0.356 e. The van der Waals surface area contributed by atoms with E-state index in [2.05, 4.69) is 65.9 Å². The molecule has 136 valence electrons. The van der Waals surface area contributed by atoms with Gasteiger partial charge in [0.05, 0.1) is 6.04 Å². The second-order valence-corrected chi connectivity index (χ2v) is 6.77. The summed E-state index contributed by atoms with van der Waals surface area (Å²) in [5, 5.41) is 15.2. The van der Waals surface area contributed by atoms with Crippen LogP contribution in [0.25, 0.3) is 0 Å². The molecule has 2 rings (SSSR count). The summed E-state index contributed by atoms with van der Waals surface area (Å²) in [5.74, 6) is 3.21. The van der Waals surface area contributed by atoms with E-state index in [0.717, 1.165) is 30.6 Å². The van der Waals surface area contributed by atoms with Crippen molar-refractivity contribution in [2.45, 2.75) is 46.7 Å². The Hall–Kier alpha value is -2.37. The molecule has 0 spiro atoms. The Morgan fingerprint density at radius 1 is 1.16 bits per heavy atom. The van der Waals surface area contributed by atoms with Gasteiger partial charge in [-0.15, -0.1) is 10.2 Å². The number of aliphatic imine (C=N–C) groups is 1. The topological polar surface area (TPSA) is 67.1 Å². The van der Waals surface area contributed by atoms with E-state index in [1.807, 2.05) is 24.6 Å². The molecule has 0 radical (unpaired) electrons. The minimum atomic E-state index is 0.174. The van der Waals surface area contributed by atoms with Gasteiger partial charge in [0, 0.05) is 13.6 Å². The SMILES string of the molecule is Cc1nnc(CN=C(NCCC(C)C)NC(C)c2ccccc2)n1C. The summed E-state index contributed by atoms with van der Waals surface area (Å²) in [4.78, 5) is 4.70. The fourth-order valence-electron chi connectivity index (χ4n) is 2.40. The third-order valence-corrected chi connectivity index (χ3v) is 4.23. The van der Waals surface area contributed by atoms with Crippen LogP contribution in [0, 0.1) is 12.8 Å². The minimum Gasteiger partial charge on any atom is -0.356 e. The van der Waals surface area contributed by atoms with Crippen molar-refractivity contribution in [1.29, 1.82) is 0 Å². The molecule has 1 aromatic carbocycles. The summed E-state index contributed by atoms with van der Waals surface area (Å²) in [6.07, 6.45) is 1.10. The molecular formula is C19H30N6. The molecule has 0 saturated heterocycles. The molecule has 1 aromatic heterocycles. The maximum atomic E-state index is 4.70. The lowest BCUT2D eigenvalue weighted by Crippen LogP contribution is -2.39. The average Bonchev–Trinajstić information content (AvgIpc) is 2.91. The van der Waals surface area contributed by atoms with Gasteiger partial charge < -0.3 is 15.2 Å². The van der Waals surface area contributed by atoms with E-state index in [1.54, 1.807) is 0 Å². The van der Waals surface area contributed by atoms with Crippen LogP contribution in [0.2, 0.25) is 0 Å². The van der Waals surface area contributed by atoms with Crippen molar-refractivity contribution in [3.63, 3.8) is 0 Å². The van der Waals surface area contributed by atoms with Crippen LogP contribution in [0.1, 0.15) is 50.4 Å². The second kappa shape index (κ2) is 9.20. The molecule has 2 aromatic rings. The van der Waals surface area contributed by atoms with Gasteiger partial charge in [0.25, 0.3) is 0 Å². The lowest BCUT2D eigenvalue weighted by molar-refractivity contribution is 0.568. The molecule has 0 aliphatic carbocycles. The molecule has 0 aliphatic heterocycles. The maximum absolute atomic E-state index is 4.70. The summed E-state index contributed by atoms with van der Waals surface area (Å²) in [5.41, 5.74) is 1.23. The van der Waals surface area contributed by atoms with Crippen LogP contribution >= 0.6 is 0 Å². The van der Waals surface area contributed by atoms with E-state index in [9.17, 15) is 0 Å². The summed E-state index contributed by atoms with van der Waals surface area (Å²) in [7, 11) is 1.96. The average molecular weight is 342 g/mol. The maximum Gasteiger partial charge on any atom is 0.192 e. The molecule has 1 unspecified atom stereocenters. The Kier molecular flexibility index (Phi) is 6.98. The third kappa shape index (κ3) is 5.89. The molecule has 6 heteroatoms. The molecule has 0 amide bonds. The highest BCUT2D eigenvalue weighted by atomic mass is 15.3. The molecule has 1 atom stereocenters. The summed E-state index contributed by atoms with van der Waals surface area (Å²) >= 11 is 0. The quantitative estimate of drug-likeness (QED) is 0.600. The Bertz CT molecular complexity index is 674. The standard InChI is InChI=1S/C19H30N6/c1-14(2)11-12-20-19(21-13-18-24-23-16(4)25(18)5)22-15(3)17-9-7-6-8-10-17/h6-10,14-15H,11-13H2,1-5H3,(H2,20,21,22). The van der Waals surface area contributed by atoms with Crippen molar-refractivity contribution < 1.29 is 0 Å². The number of aromatic nitrogens is 3. The zero-order chi connectivity index (χ0) is 18.2. The smallest absolute Gasteiger partial charge is 0.192 e. The fourth-order valence-corrected chi connectivity index (χ4v) is 2.40. The highest BCUT2D eigenvalue weighted by molar-refractivity contribution is 5.80. The van der Waals surface area contributed by atoms with Crippen LogP contribution in [0.4, 0.5) is 0 Å². The van der Waals surface area contributed by atoms with Gasteiger partial charge in [0.15, 0.2) is 11.8 Å². The van der Waals surface area contributed by atoms with Crippen molar-refractivity contribution in [2.24, 2.45) is 18.0 Å². The van der Waals surface area contributed by atoms with Gasteiger partial charge in [0.2, 0.25) is 0 Å².